The first-order valence-corrected chi connectivity index (χ1v) is 6.67. The van der Waals surface area contributed by atoms with Crippen molar-refractivity contribution in [2.45, 2.75) is 26.7 Å². The summed E-state index contributed by atoms with van der Waals surface area (Å²) in [6, 6.07) is 3.63. The second-order valence-corrected chi connectivity index (χ2v) is 5.69. The average Bonchev–Trinajstić information content (AvgIpc) is 2.77. The second-order valence-electron chi connectivity index (χ2n) is 5.69. The molecule has 0 radical (unpaired) electrons. The number of aromatic amines is 1. The molecule has 2 unspecified atom stereocenters. The highest BCUT2D eigenvalue weighted by atomic mass is 16.5. The van der Waals surface area contributed by atoms with Gasteiger partial charge in [-0.15, -0.1) is 0 Å². The molecule has 106 valence electrons. The quantitative estimate of drug-likeness (QED) is 0.892. The molecule has 2 aromatic rings. The van der Waals surface area contributed by atoms with Gasteiger partial charge in [0.2, 0.25) is 5.88 Å². The molecule has 6 heteroatoms. The lowest BCUT2D eigenvalue weighted by Crippen LogP contribution is -2.03. The minimum Gasteiger partial charge on any atom is -0.481 e. The fourth-order valence-corrected chi connectivity index (χ4v) is 2.88. The van der Waals surface area contributed by atoms with E-state index in [4.69, 9.17) is 4.74 Å². The predicted octanol–water partition coefficient (Wildman–Crippen LogP) is 2.18. The van der Waals surface area contributed by atoms with Gasteiger partial charge < -0.3 is 14.8 Å². The van der Waals surface area contributed by atoms with Crippen LogP contribution in [-0.4, -0.2) is 32.6 Å². The second kappa shape index (κ2) is 4.19. The number of hydrogen-bond donors (Lipinski definition) is 2. The molecule has 0 spiro atoms. The summed E-state index contributed by atoms with van der Waals surface area (Å²) in [5, 5.41) is 9.23. The molecular weight excluding hydrogens is 258 g/mol. The lowest BCUT2D eigenvalue weighted by molar-refractivity contribution is -0.139. The fourth-order valence-electron chi connectivity index (χ4n) is 2.88. The zero-order valence-electron chi connectivity index (χ0n) is 11.7. The average molecular weight is 275 g/mol. The van der Waals surface area contributed by atoms with Crippen LogP contribution in [0.4, 0.5) is 0 Å². The molecule has 20 heavy (non-hydrogen) atoms. The molecule has 2 N–H and O–H groups in total. The highest BCUT2D eigenvalue weighted by Gasteiger charge is 2.64. The van der Waals surface area contributed by atoms with Gasteiger partial charge in [0.05, 0.1) is 18.0 Å². The van der Waals surface area contributed by atoms with Crippen molar-refractivity contribution in [1.29, 1.82) is 0 Å². The van der Waals surface area contributed by atoms with Gasteiger partial charge in [-0.3, -0.25) is 4.79 Å². The molecule has 1 aliphatic rings. The number of carboxylic acid groups (broad SMARTS) is 1. The van der Waals surface area contributed by atoms with Crippen LogP contribution < -0.4 is 4.74 Å². The number of hydrogen-bond acceptors (Lipinski definition) is 4. The van der Waals surface area contributed by atoms with Crippen molar-refractivity contribution in [3.8, 4) is 5.88 Å². The molecule has 1 fully saturated rings. The summed E-state index contributed by atoms with van der Waals surface area (Å²) in [5.41, 5.74) is 1.09. The van der Waals surface area contributed by atoms with Gasteiger partial charge in [0.25, 0.3) is 0 Å². The third-order valence-electron chi connectivity index (χ3n) is 4.02. The van der Waals surface area contributed by atoms with Crippen molar-refractivity contribution in [2.24, 2.45) is 11.3 Å². The zero-order chi connectivity index (χ0) is 14.5. The Morgan fingerprint density at radius 3 is 2.80 bits per heavy atom. The molecule has 0 bridgehead atoms. The SMILES string of the molecule is CCOc1ccc2[nH]c(C3C(C(=O)O)C3(C)C)nc2n1. The van der Waals surface area contributed by atoms with Crippen LogP contribution in [0.25, 0.3) is 11.2 Å². The first kappa shape index (κ1) is 12.9. The third-order valence-corrected chi connectivity index (χ3v) is 4.02. The molecule has 6 nitrogen and oxygen atoms in total. The maximum atomic E-state index is 11.2. The Morgan fingerprint density at radius 2 is 2.20 bits per heavy atom. The zero-order valence-corrected chi connectivity index (χ0v) is 11.7. The minimum atomic E-state index is -0.775. The first-order chi connectivity index (χ1) is 9.45. The molecule has 0 aliphatic heterocycles. The smallest absolute Gasteiger partial charge is 0.307 e. The van der Waals surface area contributed by atoms with E-state index in [9.17, 15) is 9.90 Å². The number of pyridine rings is 1. The summed E-state index contributed by atoms with van der Waals surface area (Å²) in [6.45, 7) is 6.34. The number of rotatable bonds is 4. The van der Waals surface area contributed by atoms with Gasteiger partial charge in [0.15, 0.2) is 5.65 Å². The first-order valence-electron chi connectivity index (χ1n) is 6.67. The number of carboxylic acids is 1. The fraction of sp³-hybridized carbons (Fsp3) is 0.500. The number of aromatic nitrogens is 3. The molecule has 0 aromatic carbocycles. The van der Waals surface area contributed by atoms with Crippen molar-refractivity contribution in [2.75, 3.05) is 6.61 Å². The third kappa shape index (κ3) is 1.83. The van der Waals surface area contributed by atoms with Crippen molar-refractivity contribution in [1.82, 2.24) is 15.0 Å². The van der Waals surface area contributed by atoms with Gasteiger partial charge in [-0.2, -0.15) is 4.98 Å². The number of imidazole rings is 1. The number of fused-ring (bicyclic) bond motifs is 1. The van der Waals surface area contributed by atoms with Crippen LogP contribution >= 0.6 is 0 Å². The van der Waals surface area contributed by atoms with Gasteiger partial charge in [0, 0.05) is 12.0 Å². The summed E-state index contributed by atoms with van der Waals surface area (Å²) in [4.78, 5) is 23.2. The predicted molar refractivity (Wildman–Crippen MR) is 72.7 cm³/mol. The van der Waals surface area contributed by atoms with Crippen LogP contribution in [0.5, 0.6) is 5.88 Å². The molecule has 2 atom stereocenters. The summed E-state index contributed by atoms with van der Waals surface area (Å²) in [6.07, 6.45) is 0. The molecule has 2 heterocycles. The Balaban J connectivity index is 1.96. The van der Waals surface area contributed by atoms with Gasteiger partial charge in [-0.25, -0.2) is 4.98 Å². The normalized spacial score (nSPS) is 23.8. The van der Waals surface area contributed by atoms with Crippen LogP contribution in [0.15, 0.2) is 12.1 Å². The molecular formula is C14H17N3O3. The van der Waals surface area contributed by atoms with E-state index in [2.05, 4.69) is 15.0 Å². The molecule has 0 amide bonds. The molecule has 1 aliphatic carbocycles. The van der Waals surface area contributed by atoms with Crippen molar-refractivity contribution < 1.29 is 14.6 Å². The van der Waals surface area contributed by atoms with Crippen molar-refractivity contribution >= 4 is 17.1 Å². The standard InChI is InChI=1S/C14H17N3O3/c1-4-20-8-6-5-7-11(16-8)17-12(15-7)9-10(13(18)19)14(9,2)3/h5-6,9-10H,4H2,1-3H3,(H,18,19)(H,15,16,17). The maximum Gasteiger partial charge on any atom is 0.307 e. The number of aliphatic carboxylic acids is 1. The van der Waals surface area contributed by atoms with Gasteiger partial charge in [-0.1, -0.05) is 13.8 Å². The Bertz CT molecular complexity index is 677. The highest BCUT2D eigenvalue weighted by Crippen LogP contribution is 2.63. The largest absolute Gasteiger partial charge is 0.481 e. The van der Waals surface area contributed by atoms with E-state index < -0.39 is 11.9 Å². The van der Waals surface area contributed by atoms with E-state index in [1.165, 1.54) is 0 Å². The number of H-pyrrole nitrogens is 1. The van der Waals surface area contributed by atoms with Gasteiger partial charge in [0.1, 0.15) is 5.82 Å². The van der Waals surface area contributed by atoms with Crippen LogP contribution in [0, 0.1) is 11.3 Å². The Hall–Kier alpha value is -2.11. The van der Waals surface area contributed by atoms with Crippen LogP contribution in [0.2, 0.25) is 0 Å². The van der Waals surface area contributed by atoms with Crippen LogP contribution in [0.1, 0.15) is 32.5 Å². The number of carbonyl (C=O) groups is 1. The summed E-state index contributed by atoms with van der Waals surface area (Å²) < 4.78 is 5.34. The Kier molecular flexibility index (Phi) is 2.70. The summed E-state index contributed by atoms with van der Waals surface area (Å²) >= 11 is 0. The Labute approximate surface area is 116 Å². The van der Waals surface area contributed by atoms with E-state index in [-0.39, 0.29) is 11.3 Å². The van der Waals surface area contributed by atoms with E-state index in [1.807, 2.05) is 26.8 Å². The molecule has 0 saturated heterocycles. The van der Waals surface area contributed by atoms with Crippen LogP contribution in [0.3, 0.4) is 0 Å². The lowest BCUT2D eigenvalue weighted by atomic mass is 10.1. The number of nitrogens with one attached hydrogen (secondary N) is 1. The van der Waals surface area contributed by atoms with Crippen molar-refractivity contribution in [3.63, 3.8) is 0 Å². The lowest BCUT2D eigenvalue weighted by Gasteiger charge is -1.99. The maximum absolute atomic E-state index is 11.2. The summed E-state index contributed by atoms with van der Waals surface area (Å²) in [7, 11) is 0. The highest BCUT2D eigenvalue weighted by molar-refractivity contribution is 5.78. The van der Waals surface area contributed by atoms with Crippen LogP contribution in [-0.2, 0) is 4.79 Å². The van der Waals surface area contributed by atoms with E-state index >= 15 is 0 Å². The Morgan fingerprint density at radius 1 is 1.45 bits per heavy atom. The number of ether oxygens (including phenoxy) is 1. The summed E-state index contributed by atoms with van der Waals surface area (Å²) in [5.74, 6) is -0.0379. The van der Waals surface area contributed by atoms with E-state index in [1.54, 1.807) is 6.07 Å². The molecule has 3 rings (SSSR count). The van der Waals surface area contributed by atoms with E-state index in [0.29, 0.717) is 24.0 Å². The van der Waals surface area contributed by atoms with E-state index in [0.717, 1.165) is 5.52 Å². The number of nitrogens with zero attached hydrogens (tertiary/aromatic N) is 2. The topological polar surface area (TPSA) is 88.1 Å². The van der Waals surface area contributed by atoms with Gasteiger partial charge in [-0.05, 0) is 18.4 Å². The molecule has 2 aromatic heterocycles. The minimum absolute atomic E-state index is 0.0928. The monoisotopic (exact) mass is 275 g/mol. The van der Waals surface area contributed by atoms with Crippen molar-refractivity contribution in [3.05, 3.63) is 18.0 Å². The molecule has 1 saturated carbocycles. The van der Waals surface area contributed by atoms with Gasteiger partial charge >= 0.3 is 5.97 Å².